The van der Waals surface area contributed by atoms with E-state index in [1.807, 2.05) is 19.1 Å². The van der Waals surface area contributed by atoms with Crippen molar-refractivity contribution in [2.24, 2.45) is 4.99 Å². The van der Waals surface area contributed by atoms with Crippen molar-refractivity contribution in [1.82, 2.24) is 10.6 Å². The number of nitrogens with zero attached hydrogens (tertiary/aromatic N) is 1. The van der Waals surface area contributed by atoms with E-state index in [1.54, 1.807) is 6.07 Å². The fourth-order valence-electron chi connectivity index (χ4n) is 1.73. The van der Waals surface area contributed by atoms with Crippen LogP contribution < -0.4 is 10.6 Å². The second-order valence-corrected chi connectivity index (χ2v) is 4.52. The molecule has 0 radical (unpaired) electrons. The van der Waals surface area contributed by atoms with Crippen molar-refractivity contribution in [3.63, 3.8) is 0 Å². The zero-order valence-electron chi connectivity index (χ0n) is 10.7. The molecular weight excluding hydrogens is 229 g/mol. The van der Waals surface area contributed by atoms with Crippen LogP contribution in [-0.4, -0.2) is 25.1 Å². The van der Waals surface area contributed by atoms with Gasteiger partial charge in [0.15, 0.2) is 5.96 Å². The highest BCUT2D eigenvalue weighted by Gasteiger charge is 2.21. The largest absolute Gasteiger partial charge is 0.357 e. The van der Waals surface area contributed by atoms with Gasteiger partial charge in [-0.1, -0.05) is 18.2 Å². The third kappa shape index (κ3) is 4.02. The highest BCUT2D eigenvalue weighted by atomic mass is 19.1. The molecule has 1 aliphatic rings. The Morgan fingerprint density at radius 3 is 2.83 bits per heavy atom. The number of guanidine groups is 1. The lowest BCUT2D eigenvalue weighted by atomic mass is 10.1. The van der Waals surface area contributed by atoms with Gasteiger partial charge in [-0.15, -0.1) is 0 Å². The Balaban J connectivity index is 1.85. The first-order valence-electron chi connectivity index (χ1n) is 6.58. The first kappa shape index (κ1) is 12.9. The molecule has 0 bridgehead atoms. The van der Waals surface area contributed by atoms with E-state index in [2.05, 4.69) is 15.6 Å². The summed E-state index contributed by atoms with van der Waals surface area (Å²) in [6.07, 6.45) is 3.07. The van der Waals surface area contributed by atoms with Gasteiger partial charge in [0.1, 0.15) is 5.82 Å². The highest BCUT2D eigenvalue weighted by Crippen LogP contribution is 2.18. The molecule has 1 aromatic rings. The van der Waals surface area contributed by atoms with E-state index in [1.165, 1.54) is 18.9 Å². The van der Waals surface area contributed by atoms with Gasteiger partial charge in [0.2, 0.25) is 0 Å². The zero-order chi connectivity index (χ0) is 12.8. The molecule has 0 heterocycles. The molecule has 1 aliphatic carbocycles. The predicted molar refractivity (Wildman–Crippen MR) is 72.2 cm³/mol. The van der Waals surface area contributed by atoms with Gasteiger partial charge in [-0.25, -0.2) is 4.39 Å². The minimum Gasteiger partial charge on any atom is -0.357 e. The lowest BCUT2D eigenvalue weighted by Crippen LogP contribution is -2.38. The van der Waals surface area contributed by atoms with Crippen LogP contribution in [-0.2, 0) is 6.42 Å². The molecule has 2 N–H and O–H groups in total. The first-order chi connectivity index (χ1) is 8.79. The van der Waals surface area contributed by atoms with E-state index in [4.69, 9.17) is 0 Å². The molecule has 0 saturated heterocycles. The van der Waals surface area contributed by atoms with Gasteiger partial charge in [0.25, 0.3) is 0 Å². The van der Waals surface area contributed by atoms with E-state index in [0.29, 0.717) is 19.0 Å². The molecule has 1 saturated carbocycles. The smallest absolute Gasteiger partial charge is 0.191 e. The van der Waals surface area contributed by atoms with Crippen molar-refractivity contribution in [3.8, 4) is 0 Å². The summed E-state index contributed by atoms with van der Waals surface area (Å²) in [4.78, 5) is 4.46. The molecule has 3 nitrogen and oxygen atoms in total. The van der Waals surface area contributed by atoms with Crippen molar-refractivity contribution >= 4 is 5.96 Å². The summed E-state index contributed by atoms with van der Waals surface area (Å²) in [6.45, 7) is 3.49. The number of aliphatic imine (C=N–C) groups is 1. The van der Waals surface area contributed by atoms with Gasteiger partial charge >= 0.3 is 0 Å². The lowest BCUT2D eigenvalue weighted by Gasteiger charge is -2.10. The molecular formula is C14H20FN3. The molecule has 0 aromatic heterocycles. The highest BCUT2D eigenvalue weighted by molar-refractivity contribution is 5.80. The van der Waals surface area contributed by atoms with E-state index in [-0.39, 0.29) is 5.82 Å². The molecule has 2 rings (SSSR count). The van der Waals surface area contributed by atoms with Gasteiger partial charge in [0.05, 0.1) is 0 Å². The second kappa shape index (κ2) is 6.38. The minimum atomic E-state index is -0.146. The topological polar surface area (TPSA) is 36.4 Å². The molecule has 0 spiro atoms. The Morgan fingerprint density at radius 1 is 1.39 bits per heavy atom. The molecule has 4 heteroatoms. The van der Waals surface area contributed by atoms with E-state index in [0.717, 1.165) is 18.1 Å². The monoisotopic (exact) mass is 249 g/mol. The Bertz CT molecular complexity index is 413. The Morgan fingerprint density at radius 2 is 2.17 bits per heavy atom. The Kier molecular flexibility index (Phi) is 4.56. The van der Waals surface area contributed by atoms with E-state index < -0.39 is 0 Å². The molecule has 18 heavy (non-hydrogen) atoms. The second-order valence-electron chi connectivity index (χ2n) is 4.52. The van der Waals surface area contributed by atoms with Crippen LogP contribution in [0.2, 0.25) is 0 Å². The van der Waals surface area contributed by atoms with Crippen molar-refractivity contribution in [3.05, 3.63) is 35.6 Å². The molecule has 1 fully saturated rings. The van der Waals surface area contributed by atoms with Crippen LogP contribution in [0.15, 0.2) is 29.3 Å². The van der Waals surface area contributed by atoms with Gasteiger partial charge in [0, 0.05) is 19.1 Å². The van der Waals surface area contributed by atoms with Crippen molar-refractivity contribution in [1.29, 1.82) is 0 Å². The van der Waals surface area contributed by atoms with Crippen molar-refractivity contribution in [2.45, 2.75) is 32.2 Å². The maximum atomic E-state index is 13.4. The number of hydrogen-bond acceptors (Lipinski definition) is 1. The fraction of sp³-hybridized carbons (Fsp3) is 0.500. The third-order valence-corrected chi connectivity index (χ3v) is 2.87. The van der Waals surface area contributed by atoms with Gasteiger partial charge in [-0.3, -0.25) is 4.99 Å². The van der Waals surface area contributed by atoms with Crippen LogP contribution in [0, 0.1) is 5.82 Å². The lowest BCUT2D eigenvalue weighted by molar-refractivity contribution is 0.609. The zero-order valence-corrected chi connectivity index (χ0v) is 10.7. The van der Waals surface area contributed by atoms with Crippen LogP contribution in [0.3, 0.4) is 0 Å². The summed E-state index contributed by atoms with van der Waals surface area (Å²) in [5, 5.41) is 6.54. The van der Waals surface area contributed by atoms with Gasteiger partial charge in [-0.2, -0.15) is 0 Å². The van der Waals surface area contributed by atoms with Crippen molar-refractivity contribution in [2.75, 3.05) is 13.1 Å². The minimum absolute atomic E-state index is 0.146. The van der Waals surface area contributed by atoms with E-state index >= 15 is 0 Å². The number of hydrogen-bond donors (Lipinski definition) is 2. The SMILES string of the molecule is CCNC(=NCCc1ccccc1F)NC1CC1. The summed E-state index contributed by atoms with van der Waals surface area (Å²) in [6, 6.07) is 7.45. The maximum Gasteiger partial charge on any atom is 0.191 e. The average molecular weight is 249 g/mol. The van der Waals surface area contributed by atoms with Gasteiger partial charge in [-0.05, 0) is 37.8 Å². The summed E-state index contributed by atoms with van der Waals surface area (Å²) in [5.41, 5.74) is 0.725. The normalized spacial score (nSPS) is 15.6. The Labute approximate surface area is 108 Å². The molecule has 1 aromatic carbocycles. The molecule has 0 unspecified atom stereocenters. The summed E-state index contributed by atoms with van der Waals surface area (Å²) >= 11 is 0. The molecule has 98 valence electrons. The molecule has 0 aliphatic heterocycles. The molecule has 0 amide bonds. The molecule has 0 atom stereocenters. The number of halogens is 1. The van der Waals surface area contributed by atoms with Crippen LogP contribution in [0.1, 0.15) is 25.3 Å². The number of nitrogens with one attached hydrogen (secondary N) is 2. The summed E-state index contributed by atoms with van der Waals surface area (Å²) < 4.78 is 13.4. The van der Waals surface area contributed by atoms with Crippen LogP contribution in [0.25, 0.3) is 0 Å². The van der Waals surface area contributed by atoms with E-state index in [9.17, 15) is 4.39 Å². The van der Waals surface area contributed by atoms with Crippen LogP contribution >= 0.6 is 0 Å². The van der Waals surface area contributed by atoms with Crippen LogP contribution in [0.5, 0.6) is 0 Å². The predicted octanol–water partition coefficient (Wildman–Crippen LogP) is 2.09. The standard InChI is InChI=1S/C14H20FN3/c1-2-16-14(18-12-7-8-12)17-10-9-11-5-3-4-6-13(11)15/h3-6,12H,2,7-10H2,1H3,(H2,16,17,18). The average Bonchev–Trinajstić information content (AvgIpc) is 3.16. The van der Waals surface area contributed by atoms with Gasteiger partial charge < -0.3 is 10.6 Å². The maximum absolute atomic E-state index is 13.4. The quantitative estimate of drug-likeness (QED) is 0.619. The van der Waals surface area contributed by atoms with Crippen molar-refractivity contribution < 1.29 is 4.39 Å². The van der Waals surface area contributed by atoms with Crippen LogP contribution in [0.4, 0.5) is 4.39 Å². The third-order valence-electron chi connectivity index (χ3n) is 2.87. The number of rotatable bonds is 5. The summed E-state index contributed by atoms with van der Waals surface area (Å²) in [7, 11) is 0. The number of benzene rings is 1. The first-order valence-corrected chi connectivity index (χ1v) is 6.58. The fourth-order valence-corrected chi connectivity index (χ4v) is 1.73. The summed E-state index contributed by atoms with van der Waals surface area (Å²) in [5.74, 6) is 0.698. The Hall–Kier alpha value is -1.58.